The molecule has 6 nitrogen and oxygen atoms in total. The van der Waals surface area contributed by atoms with E-state index in [1.165, 1.54) is 0 Å². The van der Waals surface area contributed by atoms with Crippen LogP contribution in [-0.4, -0.2) is 54.9 Å². The Hall–Kier alpha value is -1.30. The van der Waals surface area contributed by atoms with Crippen molar-refractivity contribution < 1.29 is 19.4 Å². The molecule has 1 aliphatic rings. The number of urea groups is 1. The number of methoxy groups -OCH3 is 1. The van der Waals surface area contributed by atoms with E-state index in [1.807, 2.05) is 6.92 Å². The first kappa shape index (κ1) is 14.8. The Labute approximate surface area is 107 Å². The first-order chi connectivity index (χ1) is 8.47. The molecule has 0 heterocycles. The van der Waals surface area contributed by atoms with Crippen molar-refractivity contribution in [3.05, 3.63) is 0 Å². The molecule has 0 bridgehead atoms. The molecule has 2 amide bonds. The largest absolute Gasteiger partial charge is 0.481 e. The molecule has 0 radical (unpaired) electrons. The maximum absolute atomic E-state index is 11.9. The molecule has 0 aromatic carbocycles. The Morgan fingerprint density at radius 2 is 2.17 bits per heavy atom. The van der Waals surface area contributed by atoms with Crippen LogP contribution in [0.15, 0.2) is 0 Å². The number of aliphatic carboxylic acids is 1. The van der Waals surface area contributed by atoms with Crippen LogP contribution in [0.5, 0.6) is 0 Å². The molecular formula is C12H22N2O4. The average molecular weight is 258 g/mol. The summed E-state index contributed by atoms with van der Waals surface area (Å²) < 4.78 is 4.99. The van der Waals surface area contributed by atoms with E-state index in [2.05, 4.69) is 5.32 Å². The van der Waals surface area contributed by atoms with Crippen molar-refractivity contribution in [2.24, 2.45) is 5.92 Å². The van der Waals surface area contributed by atoms with E-state index in [0.717, 1.165) is 12.8 Å². The van der Waals surface area contributed by atoms with Crippen LogP contribution in [0.25, 0.3) is 0 Å². The lowest BCUT2D eigenvalue weighted by molar-refractivity contribution is -0.142. The van der Waals surface area contributed by atoms with Gasteiger partial charge in [0, 0.05) is 20.2 Å². The van der Waals surface area contributed by atoms with Crippen LogP contribution in [0, 0.1) is 5.92 Å². The van der Waals surface area contributed by atoms with E-state index in [-0.39, 0.29) is 18.1 Å². The molecule has 3 atom stereocenters. The number of carbonyl (C=O) groups excluding carboxylic acids is 1. The topological polar surface area (TPSA) is 78.9 Å². The smallest absolute Gasteiger partial charge is 0.317 e. The van der Waals surface area contributed by atoms with Gasteiger partial charge < -0.3 is 20.1 Å². The van der Waals surface area contributed by atoms with Gasteiger partial charge in [-0.1, -0.05) is 6.42 Å². The summed E-state index contributed by atoms with van der Waals surface area (Å²) >= 11 is 0. The van der Waals surface area contributed by atoms with Crippen LogP contribution < -0.4 is 5.32 Å². The minimum atomic E-state index is -0.828. The molecule has 104 valence electrons. The second-order valence-electron chi connectivity index (χ2n) is 4.85. The molecule has 2 N–H and O–H groups in total. The number of hydrogen-bond donors (Lipinski definition) is 2. The molecule has 18 heavy (non-hydrogen) atoms. The standard InChI is InChI=1S/C12H22N2O4/c1-8(7-18-3)14(2)12(17)13-10-6-4-5-9(10)11(15)16/h8-10H,4-7H2,1-3H3,(H,13,17)(H,15,16). The first-order valence-corrected chi connectivity index (χ1v) is 6.22. The minimum Gasteiger partial charge on any atom is -0.481 e. The van der Waals surface area contributed by atoms with E-state index >= 15 is 0 Å². The Balaban J connectivity index is 2.51. The highest BCUT2D eigenvalue weighted by atomic mass is 16.5. The third kappa shape index (κ3) is 3.60. The van der Waals surface area contributed by atoms with Crippen LogP contribution in [-0.2, 0) is 9.53 Å². The highest BCUT2D eigenvalue weighted by Gasteiger charge is 2.34. The van der Waals surface area contributed by atoms with Crippen LogP contribution in [0.1, 0.15) is 26.2 Å². The Morgan fingerprint density at radius 1 is 1.50 bits per heavy atom. The number of carbonyl (C=O) groups is 2. The van der Waals surface area contributed by atoms with E-state index in [4.69, 9.17) is 9.84 Å². The van der Waals surface area contributed by atoms with Crippen LogP contribution in [0.4, 0.5) is 4.79 Å². The molecule has 1 fully saturated rings. The maximum Gasteiger partial charge on any atom is 0.317 e. The van der Waals surface area contributed by atoms with E-state index in [9.17, 15) is 9.59 Å². The number of amides is 2. The summed E-state index contributed by atoms with van der Waals surface area (Å²) in [6.45, 7) is 2.34. The molecule has 0 aromatic rings. The van der Waals surface area contributed by atoms with Gasteiger partial charge >= 0.3 is 12.0 Å². The lowest BCUT2D eigenvalue weighted by Crippen LogP contribution is -2.49. The van der Waals surface area contributed by atoms with Gasteiger partial charge in [0.05, 0.1) is 18.6 Å². The number of ether oxygens (including phenoxy) is 1. The first-order valence-electron chi connectivity index (χ1n) is 6.22. The van der Waals surface area contributed by atoms with Crippen molar-refractivity contribution in [2.45, 2.75) is 38.3 Å². The highest BCUT2D eigenvalue weighted by molar-refractivity contribution is 5.77. The molecule has 1 aliphatic carbocycles. The third-order valence-electron chi connectivity index (χ3n) is 3.53. The molecule has 1 saturated carbocycles. The normalized spacial score (nSPS) is 24.6. The fourth-order valence-corrected chi connectivity index (χ4v) is 2.24. The zero-order valence-corrected chi connectivity index (χ0v) is 11.2. The van der Waals surface area contributed by atoms with Gasteiger partial charge in [-0.25, -0.2) is 4.79 Å². The monoisotopic (exact) mass is 258 g/mol. The number of nitrogens with zero attached hydrogens (tertiary/aromatic N) is 1. The molecule has 1 rings (SSSR count). The molecule has 0 aliphatic heterocycles. The summed E-state index contributed by atoms with van der Waals surface area (Å²) in [4.78, 5) is 24.5. The fraction of sp³-hybridized carbons (Fsp3) is 0.833. The van der Waals surface area contributed by atoms with Crippen LogP contribution >= 0.6 is 0 Å². The van der Waals surface area contributed by atoms with Gasteiger partial charge in [0.25, 0.3) is 0 Å². The van der Waals surface area contributed by atoms with Crippen molar-refractivity contribution >= 4 is 12.0 Å². The van der Waals surface area contributed by atoms with Crippen molar-refractivity contribution in [2.75, 3.05) is 20.8 Å². The number of rotatable bonds is 5. The second-order valence-corrected chi connectivity index (χ2v) is 4.85. The zero-order chi connectivity index (χ0) is 13.7. The molecule has 6 heteroatoms. The number of likely N-dealkylation sites (N-methyl/N-ethyl adjacent to an activating group) is 1. The summed E-state index contributed by atoms with van der Waals surface area (Å²) in [5.41, 5.74) is 0. The molecular weight excluding hydrogens is 236 g/mol. The molecule has 0 aromatic heterocycles. The average Bonchev–Trinajstić information content (AvgIpc) is 2.76. The lowest BCUT2D eigenvalue weighted by atomic mass is 10.0. The van der Waals surface area contributed by atoms with Gasteiger partial charge in [-0.05, 0) is 19.8 Å². The van der Waals surface area contributed by atoms with Gasteiger partial charge in [-0.15, -0.1) is 0 Å². The quantitative estimate of drug-likeness (QED) is 0.768. The third-order valence-corrected chi connectivity index (χ3v) is 3.53. The summed E-state index contributed by atoms with van der Waals surface area (Å²) in [6, 6.07) is -0.537. The van der Waals surface area contributed by atoms with Crippen molar-refractivity contribution in [3.8, 4) is 0 Å². The predicted octanol–water partition coefficient (Wildman–Crippen LogP) is 0.916. The predicted molar refractivity (Wildman–Crippen MR) is 66.4 cm³/mol. The van der Waals surface area contributed by atoms with Crippen LogP contribution in [0.3, 0.4) is 0 Å². The van der Waals surface area contributed by atoms with Crippen LogP contribution in [0.2, 0.25) is 0 Å². The van der Waals surface area contributed by atoms with Gasteiger partial charge in [0.15, 0.2) is 0 Å². The van der Waals surface area contributed by atoms with E-state index < -0.39 is 11.9 Å². The Bertz CT molecular complexity index is 308. The summed E-state index contributed by atoms with van der Waals surface area (Å²) in [7, 11) is 3.27. The van der Waals surface area contributed by atoms with E-state index in [1.54, 1.807) is 19.1 Å². The lowest BCUT2D eigenvalue weighted by Gasteiger charge is -2.27. The second kappa shape index (κ2) is 6.58. The maximum atomic E-state index is 11.9. The summed E-state index contributed by atoms with van der Waals surface area (Å²) in [6.07, 6.45) is 2.21. The minimum absolute atomic E-state index is 0.0420. The fourth-order valence-electron chi connectivity index (χ4n) is 2.24. The Morgan fingerprint density at radius 3 is 2.72 bits per heavy atom. The Kier molecular flexibility index (Phi) is 5.40. The van der Waals surface area contributed by atoms with Gasteiger partial charge in [0.2, 0.25) is 0 Å². The van der Waals surface area contributed by atoms with Crippen molar-refractivity contribution in [3.63, 3.8) is 0 Å². The number of carboxylic acids is 1. The van der Waals surface area contributed by atoms with Gasteiger partial charge in [-0.3, -0.25) is 4.79 Å². The highest BCUT2D eigenvalue weighted by Crippen LogP contribution is 2.25. The van der Waals surface area contributed by atoms with Gasteiger partial charge in [-0.2, -0.15) is 0 Å². The SMILES string of the molecule is COCC(C)N(C)C(=O)NC1CCCC1C(=O)O. The molecule has 3 unspecified atom stereocenters. The van der Waals surface area contributed by atoms with Gasteiger partial charge in [0.1, 0.15) is 0 Å². The van der Waals surface area contributed by atoms with E-state index in [0.29, 0.717) is 13.0 Å². The number of carboxylic acid groups (broad SMARTS) is 1. The summed E-state index contributed by atoms with van der Waals surface area (Å²) in [5.74, 6) is -1.29. The number of hydrogen-bond acceptors (Lipinski definition) is 3. The van der Waals surface area contributed by atoms with Crippen molar-refractivity contribution in [1.29, 1.82) is 0 Å². The number of nitrogens with one attached hydrogen (secondary N) is 1. The summed E-state index contributed by atoms with van der Waals surface area (Å²) in [5, 5.41) is 11.8. The zero-order valence-electron chi connectivity index (χ0n) is 11.2. The molecule has 0 spiro atoms. The van der Waals surface area contributed by atoms with Crippen molar-refractivity contribution in [1.82, 2.24) is 10.2 Å². The molecule has 0 saturated heterocycles.